The number of carbonyl (C=O) groups excluding carboxylic acids is 1. The van der Waals surface area contributed by atoms with E-state index in [4.69, 9.17) is 0 Å². The van der Waals surface area contributed by atoms with Crippen molar-refractivity contribution in [1.29, 1.82) is 0 Å². The lowest BCUT2D eigenvalue weighted by Crippen LogP contribution is -2.55. The molecule has 1 saturated heterocycles. The molecule has 1 fully saturated rings. The minimum atomic E-state index is -0.448. The van der Waals surface area contributed by atoms with Crippen molar-refractivity contribution in [3.05, 3.63) is 0 Å². The molecule has 1 rings (SSSR count). The molecule has 1 N–H and O–H groups in total. The minimum absolute atomic E-state index is 0.138. The Hall–Kier alpha value is -0.570. The fourth-order valence-corrected chi connectivity index (χ4v) is 2.55. The fraction of sp³-hybridized carbons (Fsp3) is 0.909. The zero-order valence-corrected chi connectivity index (χ0v) is 10.4. The summed E-state index contributed by atoms with van der Waals surface area (Å²) in [5.41, 5.74) is -0.850. The molecule has 82 valence electrons. The molecule has 0 aromatic heterocycles. The quantitative estimate of drug-likeness (QED) is 0.643. The molecule has 1 amide bonds. The van der Waals surface area contributed by atoms with Crippen LogP contribution in [0.4, 0.5) is 0 Å². The molecule has 3 nitrogen and oxygen atoms in total. The Morgan fingerprint density at radius 2 is 1.57 bits per heavy atom. The maximum atomic E-state index is 12.2. The highest BCUT2D eigenvalue weighted by Gasteiger charge is 2.52. The van der Waals surface area contributed by atoms with Crippen molar-refractivity contribution in [1.82, 2.24) is 10.2 Å². The van der Waals surface area contributed by atoms with Crippen LogP contribution in [0.3, 0.4) is 0 Å². The summed E-state index contributed by atoms with van der Waals surface area (Å²) in [6.45, 7) is 14.2. The average molecular weight is 198 g/mol. The van der Waals surface area contributed by atoms with Gasteiger partial charge in [-0.1, -0.05) is 0 Å². The van der Waals surface area contributed by atoms with Gasteiger partial charge in [0.25, 0.3) is 0 Å². The van der Waals surface area contributed by atoms with Crippen molar-refractivity contribution in [3.63, 3.8) is 0 Å². The standard InChI is InChI=1S/C11H22N2O/c1-9(2,3)13-8(14)10(4,5)12-11(13,6)7/h12H,1-7H3. The molecule has 0 spiro atoms. The van der Waals surface area contributed by atoms with Crippen molar-refractivity contribution < 1.29 is 4.79 Å². The predicted molar refractivity (Wildman–Crippen MR) is 57.9 cm³/mol. The van der Waals surface area contributed by atoms with Gasteiger partial charge >= 0.3 is 0 Å². The normalized spacial score (nSPS) is 25.6. The summed E-state index contributed by atoms with van der Waals surface area (Å²) in [6, 6.07) is 0. The van der Waals surface area contributed by atoms with Crippen LogP contribution in [-0.4, -0.2) is 27.5 Å². The topological polar surface area (TPSA) is 32.3 Å². The Balaban J connectivity index is 3.13. The lowest BCUT2D eigenvalue weighted by Gasteiger charge is -2.41. The van der Waals surface area contributed by atoms with Crippen LogP contribution in [0.15, 0.2) is 0 Å². The predicted octanol–water partition coefficient (Wildman–Crippen LogP) is 1.73. The Bertz CT molecular complexity index is 261. The van der Waals surface area contributed by atoms with Gasteiger partial charge in [-0.3, -0.25) is 10.1 Å². The van der Waals surface area contributed by atoms with E-state index in [0.717, 1.165) is 0 Å². The van der Waals surface area contributed by atoms with Crippen LogP contribution in [0.1, 0.15) is 48.5 Å². The van der Waals surface area contributed by atoms with E-state index in [1.807, 2.05) is 32.6 Å². The number of nitrogens with zero attached hydrogens (tertiary/aromatic N) is 1. The van der Waals surface area contributed by atoms with Gasteiger partial charge in [-0.05, 0) is 48.5 Å². The molecule has 0 saturated carbocycles. The molecule has 0 radical (unpaired) electrons. The molecule has 1 heterocycles. The molecule has 1 aliphatic rings. The first kappa shape index (κ1) is 11.5. The highest BCUT2D eigenvalue weighted by atomic mass is 16.2. The number of amides is 1. The van der Waals surface area contributed by atoms with Gasteiger partial charge in [0.1, 0.15) is 0 Å². The van der Waals surface area contributed by atoms with Crippen LogP contribution in [0, 0.1) is 0 Å². The maximum Gasteiger partial charge on any atom is 0.244 e. The van der Waals surface area contributed by atoms with Crippen molar-refractivity contribution in [2.75, 3.05) is 0 Å². The molecular formula is C11H22N2O. The van der Waals surface area contributed by atoms with Crippen LogP contribution in [0.2, 0.25) is 0 Å². The average Bonchev–Trinajstić information content (AvgIpc) is 1.93. The molecular weight excluding hydrogens is 176 g/mol. The van der Waals surface area contributed by atoms with E-state index in [9.17, 15) is 4.79 Å². The third-order valence-corrected chi connectivity index (χ3v) is 2.59. The van der Waals surface area contributed by atoms with E-state index < -0.39 is 5.54 Å². The monoisotopic (exact) mass is 198 g/mol. The summed E-state index contributed by atoms with van der Waals surface area (Å²) in [5, 5.41) is 3.35. The van der Waals surface area contributed by atoms with Crippen LogP contribution in [0.5, 0.6) is 0 Å². The molecule has 14 heavy (non-hydrogen) atoms. The first-order valence-electron chi connectivity index (χ1n) is 5.12. The molecule has 0 bridgehead atoms. The fourth-order valence-electron chi connectivity index (χ4n) is 2.55. The second-order valence-corrected chi connectivity index (χ2v) is 6.12. The van der Waals surface area contributed by atoms with Crippen LogP contribution >= 0.6 is 0 Å². The third kappa shape index (κ3) is 1.65. The number of hydrogen-bond donors (Lipinski definition) is 1. The van der Waals surface area contributed by atoms with E-state index >= 15 is 0 Å². The summed E-state index contributed by atoms with van der Waals surface area (Å²) in [6.07, 6.45) is 0. The van der Waals surface area contributed by atoms with Crippen molar-refractivity contribution in [3.8, 4) is 0 Å². The van der Waals surface area contributed by atoms with Crippen molar-refractivity contribution in [2.45, 2.75) is 65.2 Å². The number of hydrogen-bond acceptors (Lipinski definition) is 2. The molecule has 0 aromatic carbocycles. The molecule has 0 unspecified atom stereocenters. The van der Waals surface area contributed by atoms with E-state index in [0.29, 0.717) is 0 Å². The van der Waals surface area contributed by atoms with Gasteiger partial charge in [0.15, 0.2) is 0 Å². The number of rotatable bonds is 0. The molecule has 0 atom stereocenters. The highest BCUT2D eigenvalue weighted by molar-refractivity contribution is 5.89. The zero-order valence-electron chi connectivity index (χ0n) is 10.4. The van der Waals surface area contributed by atoms with Gasteiger partial charge in [0.2, 0.25) is 5.91 Å². The Morgan fingerprint density at radius 1 is 1.14 bits per heavy atom. The molecule has 3 heteroatoms. The van der Waals surface area contributed by atoms with Crippen molar-refractivity contribution >= 4 is 5.91 Å². The zero-order chi connectivity index (χ0) is 11.4. The first-order valence-corrected chi connectivity index (χ1v) is 5.12. The molecule has 0 aliphatic carbocycles. The van der Waals surface area contributed by atoms with Gasteiger partial charge in [-0.15, -0.1) is 0 Å². The molecule has 0 aromatic rings. The summed E-state index contributed by atoms with van der Waals surface area (Å²) in [7, 11) is 0. The number of nitrogens with one attached hydrogen (secondary N) is 1. The largest absolute Gasteiger partial charge is 0.319 e. The second kappa shape index (κ2) is 2.72. The summed E-state index contributed by atoms with van der Waals surface area (Å²) in [4.78, 5) is 14.1. The van der Waals surface area contributed by atoms with Gasteiger partial charge in [0.05, 0.1) is 11.2 Å². The van der Waals surface area contributed by atoms with E-state index in [1.165, 1.54) is 0 Å². The van der Waals surface area contributed by atoms with Crippen LogP contribution < -0.4 is 5.32 Å². The van der Waals surface area contributed by atoms with E-state index in [2.05, 4.69) is 26.1 Å². The summed E-state index contributed by atoms with van der Waals surface area (Å²) in [5.74, 6) is 0.176. The lowest BCUT2D eigenvalue weighted by molar-refractivity contribution is -0.139. The van der Waals surface area contributed by atoms with Gasteiger partial charge in [-0.25, -0.2) is 0 Å². The number of carbonyl (C=O) groups is 1. The smallest absolute Gasteiger partial charge is 0.244 e. The minimum Gasteiger partial charge on any atom is -0.319 e. The van der Waals surface area contributed by atoms with E-state index in [1.54, 1.807) is 0 Å². The van der Waals surface area contributed by atoms with Crippen molar-refractivity contribution in [2.24, 2.45) is 0 Å². The SMILES string of the molecule is CC1(C)NC(C)(C)N(C(C)(C)C)C1=O. The van der Waals surface area contributed by atoms with Crippen LogP contribution in [-0.2, 0) is 4.79 Å². The van der Waals surface area contributed by atoms with Crippen LogP contribution in [0.25, 0.3) is 0 Å². The Labute approximate surface area is 86.9 Å². The van der Waals surface area contributed by atoms with E-state index in [-0.39, 0.29) is 17.1 Å². The lowest BCUT2D eigenvalue weighted by atomic mass is 10.0. The summed E-state index contributed by atoms with van der Waals surface area (Å²) >= 11 is 0. The van der Waals surface area contributed by atoms with Gasteiger partial charge < -0.3 is 4.90 Å². The van der Waals surface area contributed by atoms with Gasteiger partial charge in [-0.2, -0.15) is 0 Å². The Kier molecular flexibility index (Phi) is 2.24. The first-order chi connectivity index (χ1) is 5.98. The highest BCUT2D eigenvalue weighted by Crippen LogP contribution is 2.33. The Morgan fingerprint density at radius 3 is 1.71 bits per heavy atom. The van der Waals surface area contributed by atoms with Gasteiger partial charge in [0, 0.05) is 5.54 Å². The summed E-state index contributed by atoms with van der Waals surface area (Å²) < 4.78 is 0. The molecule has 1 aliphatic heterocycles. The maximum absolute atomic E-state index is 12.2. The third-order valence-electron chi connectivity index (χ3n) is 2.59. The second-order valence-electron chi connectivity index (χ2n) is 6.12.